The first-order valence-corrected chi connectivity index (χ1v) is 11.3. The Hall–Kier alpha value is -2.54. The van der Waals surface area contributed by atoms with Crippen LogP contribution in [-0.2, 0) is 4.79 Å². The summed E-state index contributed by atoms with van der Waals surface area (Å²) in [6.45, 7) is 4.76. The molecular formula is C24H34N2O5. The smallest absolute Gasteiger partial charge is 0.407 e. The summed E-state index contributed by atoms with van der Waals surface area (Å²) in [6.07, 6.45) is 5.45. The van der Waals surface area contributed by atoms with E-state index in [1.165, 1.54) is 10.5 Å². The molecule has 0 bridgehead atoms. The predicted octanol–water partition coefficient (Wildman–Crippen LogP) is 3.48. The summed E-state index contributed by atoms with van der Waals surface area (Å²) >= 11 is 0. The molecule has 1 aliphatic carbocycles. The molecule has 7 heteroatoms. The van der Waals surface area contributed by atoms with E-state index >= 15 is 0 Å². The molecule has 1 fully saturated rings. The van der Waals surface area contributed by atoms with E-state index in [1.807, 2.05) is 19.1 Å². The maximum Gasteiger partial charge on any atom is 0.407 e. The Kier molecular flexibility index (Phi) is 8.35. The fraction of sp³-hybridized carbons (Fsp3) is 0.583. The van der Waals surface area contributed by atoms with Gasteiger partial charge in [-0.1, -0.05) is 18.2 Å². The third-order valence-electron chi connectivity index (χ3n) is 6.42. The maximum atomic E-state index is 12.6. The minimum atomic E-state index is -0.837. The number of hydrogen-bond donors (Lipinski definition) is 2. The number of piperidine rings is 1. The topological polar surface area (TPSA) is 90.3 Å². The van der Waals surface area contributed by atoms with Gasteiger partial charge in [0.1, 0.15) is 5.75 Å². The van der Waals surface area contributed by atoms with Crippen LogP contribution in [0.5, 0.6) is 5.75 Å². The number of hydrogen-bond acceptors (Lipinski definition) is 4. The standard InChI is InChI=1S/C24H34N2O5/c1-2-25(15-16-27)23(28)21-5-3-19(4-6-21)20-7-9-22(10-8-20)31-17-18-11-13-26(14-12-18)24(29)30/h3,7-10,18,21,27H,2,4-6,11-17H2,1H3,(H,29,30). The van der Waals surface area contributed by atoms with Crippen molar-refractivity contribution in [3.8, 4) is 5.75 Å². The number of carboxylic acid groups (broad SMARTS) is 1. The molecule has 0 spiro atoms. The number of allylic oxidation sites excluding steroid dienone is 2. The van der Waals surface area contributed by atoms with Crippen LogP contribution in [0.25, 0.3) is 5.57 Å². The third-order valence-corrected chi connectivity index (χ3v) is 6.42. The van der Waals surface area contributed by atoms with Crippen molar-refractivity contribution in [1.82, 2.24) is 9.80 Å². The zero-order valence-corrected chi connectivity index (χ0v) is 18.3. The zero-order chi connectivity index (χ0) is 22.2. The van der Waals surface area contributed by atoms with E-state index in [4.69, 9.17) is 14.9 Å². The quantitative estimate of drug-likeness (QED) is 0.659. The Bertz CT molecular complexity index is 769. The van der Waals surface area contributed by atoms with Crippen molar-refractivity contribution in [3.63, 3.8) is 0 Å². The average Bonchev–Trinajstić information content (AvgIpc) is 2.81. The van der Waals surface area contributed by atoms with Gasteiger partial charge in [-0.15, -0.1) is 0 Å². The molecule has 1 unspecified atom stereocenters. The molecule has 31 heavy (non-hydrogen) atoms. The van der Waals surface area contributed by atoms with Crippen molar-refractivity contribution < 1.29 is 24.5 Å². The summed E-state index contributed by atoms with van der Waals surface area (Å²) in [7, 11) is 0. The second-order valence-corrected chi connectivity index (χ2v) is 8.39. The van der Waals surface area contributed by atoms with Gasteiger partial charge in [0.2, 0.25) is 5.91 Å². The van der Waals surface area contributed by atoms with Crippen molar-refractivity contribution >= 4 is 17.6 Å². The monoisotopic (exact) mass is 430 g/mol. The summed E-state index contributed by atoms with van der Waals surface area (Å²) in [5.41, 5.74) is 2.43. The molecule has 170 valence electrons. The van der Waals surface area contributed by atoms with Crippen LogP contribution in [0.2, 0.25) is 0 Å². The second kappa shape index (κ2) is 11.2. The van der Waals surface area contributed by atoms with E-state index in [0.717, 1.165) is 43.4 Å². The van der Waals surface area contributed by atoms with E-state index in [0.29, 0.717) is 38.7 Å². The number of carbonyl (C=O) groups excluding carboxylic acids is 1. The lowest BCUT2D eigenvalue weighted by Crippen LogP contribution is -2.38. The molecule has 0 radical (unpaired) electrons. The van der Waals surface area contributed by atoms with Crippen molar-refractivity contribution in [2.45, 2.75) is 39.0 Å². The van der Waals surface area contributed by atoms with Gasteiger partial charge in [-0.3, -0.25) is 4.79 Å². The van der Waals surface area contributed by atoms with Gasteiger partial charge >= 0.3 is 6.09 Å². The van der Waals surface area contributed by atoms with E-state index in [1.54, 1.807) is 4.90 Å². The molecule has 1 heterocycles. The zero-order valence-electron chi connectivity index (χ0n) is 18.3. The van der Waals surface area contributed by atoms with Gasteiger partial charge in [-0.25, -0.2) is 4.79 Å². The molecule has 2 amide bonds. The van der Waals surface area contributed by atoms with Gasteiger partial charge in [0, 0.05) is 32.1 Å². The lowest BCUT2D eigenvalue weighted by atomic mass is 9.86. The van der Waals surface area contributed by atoms with Gasteiger partial charge < -0.3 is 24.7 Å². The summed E-state index contributed by atoms with van der Waals surface area (Å²) in [4.78, 5) is 26.8. The van der Waals surface area contributed by atoms with Gasteiger partial charge in [-0.05, 0) is 68.2 Å². The van der Waals surface area contributed by atoms with Gasteiger partial charge in [0.05, 0.1) is 13.2 Å². The highest BCUT2D eigenvalue weighted by Gasteiger charge is 2.26. The summed E-state index contributed by atoms with van der Waals surface area (Å²) in [5.74, 6) is 1.37. The molecule has 1 aromatic rings. The van der Waals surface area contributed by atoms with Crippen molar-refractivity contribution in [3.05, 3.63) is 35.9 Å². The van der Waals surface area contributed by atoms with Crippen molar-refractivity contribution in [1.29, 1.82) is 0 Å². The molecule has 2 N–H and O–H groups in total. The van der Waals surface area contributed by atoms with Gasteiger partial charge in [0.15, 0.2) is 0 Å². The molecule has 0 saturated carbocycles. The Morgan fingerprint density at radius 3 is 2.42 bits per heavy atom. The lowest BCUT2D eigenvalue weighted by molar-refractivity contribution is -0.136. The largest absolute Gasteiger partial charge is 0.493 e. The third kappa shape index (κ3) is 6.23. The van der Waals surface area contributed by atoms with Crippen LogP contribution < -0.4 is 4.74 Å². The number of aliphatic hydroxyl groups is 1. The first-order valence-electron chi connectivity index (χ1n) is 11.3. The van der Waals surface area contributed by atoms with E-state index in [9.17, 15) is 9.59 Å². The molecule has 0 aromatic heterocycles. The second-order valence-electron chi connectivity index (χ2n) is 8.39. The molecule has 1 atom stereocenters. The average molecular weight is 431 g/mol. The highest BCUT2D eigenvalue weighted by Crippen LogP contribution is 2.32. The van der Waals surface area contributed by atoms with Crippen LogP contribution in [0.1, 0.15) is 44.6 Å². The van der Waals surface area contributed by atoms with Gasteiger partial charge in [-0.2, -0.15) is 0 Å². The number of rotatable bonds is 8. The van der Waals surface area contributed by atoms with Crippen LogP contribution in [0.15, 0.2) is 30.3 Å². The van der Waals surface area contributed by atoms with Gasteiger partial charge in [0.25, 0.3) is 0 Å². The summed E-state index contributed by atoms with van der Waals surface area (Å²) < 4.78 is 5.94. The normalized spacial score (nSPS) is 19.6. The van der Waals surface area contributed by atoms with Crippen LogP contribution in [0.4, 0.5) is 4.79 Å². The number of likely N-dealkylation sites (N-methyl/N-ethyl adjacent to an activating group) is 1. The molecule has 1 aromatic carbocycles. The Balaban J connectivity index is 1.48. The molecule has 1 saturated heterocycles. The van der Waals surface area contributed by atoms with E-state index in [2.05, 4.69) is 18.2 Å². The van der Waals surface area contributed by atoms with Crippen LogP contribution in [0.3, 0.4) is 0 Å². The SMILES string of the molecule is CCN(CCO)C(=O)C1CC=C(c2ccc(OCC3CCN(C(=O)O)CC3)cc2)CC1. The summed E-state index contributed by atoms with van der Waals surface area (Å²) in [5, 5.41) is 18.2. The molecule has 3 rings (SSSR count). The number of likely N-dealkylation sites (tertiary alicyclic amines) is 1. The van der Waals surface area contributed by atoms with E-state index < -0.39 is 6.09 Å². The Morgan fingerprint density at radius 1 is 1.16 bits per heavy atom. The number of carbonyl (C=O) groups is 2. The Labute approximate surface area is 184 Å². The highest BCUT2D eigenvalue weighted by molar-refractivity contribution is 5.80. The number of amides is 2. The molecule has 1 aliphatic heterocycles. The number of aliphatic hydroxyl groups excluding tert-OH is 1. The van der Waals surface area contributed by atoms with Crippen LogP contribution in [-0.4, -0.2) is 71.4 Å². The lowest BCUT2D eigenvalue weighted by Gasteiger charge is -2.29. The number of ether oxygens (including phenoxy) is 1. The van der Waals surface area contributed by atoms with E-state index in [-0.39, 0.29) is 18.4 Å². The molecular weight excluding hydrogens is 396 g/mol. The fourth-order valence-electron chi connectivity index (χ4n) is 4.39. The predicted molar refractivity (Wildman–Crippen MR) is 119 cm³/mol. The summed E-state index contributed by atoms with van der Waals surface area (Å²) in [6, 6.07) is 8.11. The van der Waals surface area contributed by atoms with Crippen molar-refractivity contribution in [2.24, 2.45) is 11.8 Å². The first-order chi connectivity index (χ1) is 15.0. The minimum absolute atomic E-state index is 0.00331. The Morgan fingerprint density at radius 2 is 1.87 bits per heavy atom. The fourth-order valence-corrected chi connectivity index (χ4v) is 4.39. The van der Waals surface area contributed by atoms with Crippen LogP contribution >= 0.6 is 0 Å². The number of benzene rings is 1. The van der Waals surface area contributed by atoms with Crippen LogP contribution in [0, 0.1) is 11.8 Å². The molecule has 7 nitrogen and oxygen atoms in total. The maximum absolute atomic E-state index is 12.6. The highest BCUT2D eigenvalue weighted by atomic mass is 16.5. The molecule has 2 aliphatic rings. The number of nitrogens with zero attached hydrogens (tertiary/aromatic N) is 2. The first kappa shape index (κ1) is 23.1. The minimum Gasteiger partial charge on any atom is -0.493 e. The van der Waals surface area contributed by atoms with Crippen molar-refractivity contribution in [2.75, 3.05) is 39.4 Å².